The quantitative estimate of drug-likeness (QED) is 0.457. The van der Waals surface area contributed by atoms with Crippen LogP contribution >= 0.6 is 0 Å². The van der Waals surface area contributed by atoms with Gasteiger partial charge in [0.15, 0.2) is 5.69 Å². The fraction of sp³-hybridized carbons (Fsp3) is 0.217. The number of benzene rings is 2. The number of para-hydroxylation sites is 1. The van der Waals surface area contributed by atoms with Crippen molar-refractivity contribution in [3.63, 3.8) is 0 Å². The summed E-state index contributed by atoms with van der Waals surface area (Å²) in [4.78, 5) is 20.3. The predicted molar refractivity (Wildman–Crippen MR) is 111 cm³/mol. The van der Waals surface area contributed by atoms with Crippen LogP contribution in [0.15, 0.2) is 54.7 Å². The number of esters is 1. The molecule has 0 aliphatic rings. The minimum atomic E-state index is -0.458. The summed E-state index contributed by atoms with van der Waals surface area (Å²) in [7, 11) is 1.59. The van der Waals surface area contributed by atoms with Gasteiger partial charge in [0.25, 0.3) is 0 Å². The van der Waals surface area contributed by atoms with E-state index in [0.717, 1.165) is 27.6 Å². The lowest BCUT2D eigenvalue weighted by atomic mass is 10.1. The Balaban J connectivity index is 1.86. The smallest absolute Gasteiger partial charge is 0.357 e. The van der Waals surface area contributed by atoms with Crippen LogP contribution in [0.1, 0.15) is 29.9 Å². The van der Waals surface area contributed by atoms with Crippen molar-refractivity contribution in [3.05, 3.63) is 66.0 Å². The monoisotopic (exact) mass is 390 g/mol. The molecule has 0 unspecified atom stereocenters. The largest absolute Gasteiger partial charge is 0.458 e. The molecule has 29 heavy (non-hydrogen) atoms. The first-order valence-electron chi connectivity index (χ1n) is 9.43. The van der Waals surface area contributed by atoms with E-state index in [1.54, 1.807) is 13.3 Å². The first kappa shape index (κ1) is 19.0. The second-order valence-corrected chi connectivity index (χ2v) is 7.01. The number of carbonyl (C=O) groups excluding carboxylic acids is 1. The van der Waals surface area contributed by atoms with Crippen LogP contribution in [0, 0.1) is 0 Å². The highest BCUT2D eigenvalue weighted by Gasteiger charge is 2.21. The Morgan fingerprint density at radius 2 is 1.86 bits per heavy atom. The summed E-state index contributed by atoms with van der Waals surface area (Å²) in [6.45, 7) is 3.86. The molecule has 6 heteroatoms. The van der Waals surface area contributed by atoms with E-state index in [9.17, 15) is 4.79 Å². The minimum absolute atomic E-state index is 0.232. The van der Waals surface area contributed by atoms with Crippen molar-refractivity contribution in [1.29, 1.82) is 0 Å². The lowest BCUT2D eigenvalue weighted by Crippen LogP contribution is -2.15. The van der Waals surface area contributed by atoms with Crippen molar-refractivity contribution >= 4 is 27.8 Å². The molecule has 1 N–H and O–H groups in total. The number of H-pyrrole nitrogens is 1. The molecule has 0 aliphatic carbocycles. The molecule has 0 saturated carbocycles. The van der Waals surface area contributed by atoms with Crippen LogP contribution in [-0.2, 0) is 16.1 Å². The molecule has 4 rings (SSSR count). The van der Waals surface area contributed by atoms with Gasteiger partial charge in [0.1, 0.15) is 11.5 Å². The highest BCUT2D eigenvalue weighted by atomic mass is 16.5. The molecule has 2 heterocycles. The van der Waals surface area contributed by atoms with Crippen LogP contribution < -0.4 is 4.74 Å². The molecule has 0 atom stereocenters. The number of hydrogen-bond donors (Lipinski definition) is 1. The summed E-state index contributed by atoms with van der Waals surface area (Å²) in [5.41, 5.74) is 2.71. The van der Waals surface area contributed by atoms with E-state index < -0.39 is 5.97 Å². The van der Waals surface area contributed by atoms with Crippen molar-refractivity contribution in [3.8, 4) is 11.5 Å². The van der Waals surface area contributed by atoms with E-state index in [2.05, 4.69) is 9.97 Å². The molecule has 6 nitrogen and oxygen atoms in total. The molecule has 0 fully saturated rings. The molecule has 0 spiro atoms. The van der Waals surface area contributed by atoms with Gasteiger partial charge in [-0.2, -0.15) is 0 Å². The zero-order chi connectivity index (χ0) is 20.4. The van der Waals surface area contributed by atoms with E-state index in [0.29, 0.717) is 11.3 Å². The van der Waals surface area contributed by atoms with Gasteiger partial charge in [-0.3, -0.25) is 0 Å². The zero-order valence-corrected chi connectivity index (χ0v) is 16.6. The van der Waals surface area contributed by atoms with Gasteiger partial charge in [-0.05, 0) is 44.2 Å². The Morgan fingerprint density at radius 1 is 1.07 bits per heavy atom. The molecular formula is C23H22N2O4. The van der Waals surface area contributed by atoms with Gasteiger partial charge in [0, 0.05) is 29.0 Å². The van der Waals surface area contributed by atoms with Crippen molar-refractivity contribution in [2.45, 2.75) is 26.6 Å². The lowest BCUT2D eigenvalue weighted by molar-refractivity contribution is 0.0366. The van der Waals surface area contributed by atoms with Crippen LogP contribution in [0.4, 0.5) is 0 Å². The number of hydrogen-bond acceptors (Lipinski definition) is 5. The maximum atomic E-state index is 12.6. The van der Waals surface area contributed by atoms with E-state index in [1.165, 1.54) is 0 Å². The van der Waals surface area contributed by atoms with Crippen LogP contribution in [0.25, 0.3) is 21.8 Å². The Kier molecular flexibility index (Phi) is 5.18. The maximum absolute atomic E-state index is 12.6. The normalized spacial score (nSPS) is 11.3. The van der Waals surface area contributed by atoms with Gasteiger partial charge >= 0.3 is 5.97 Å². The number of pyridine rings is 1. The van der Waals surface area contributed by atoms with E-state index in [-0.39, 0.29) is 18.4 Å². The van der Waals surface area contributed by atoms with Crippen LogP contribution in [0.3, 0.4) is 0 Å². The van der Waals surface area contributed by atoms with Crippen molar-refractivity contribution in [2.75, 3.05) is 7.11 Å². The molecule has 0 saturated heterocycles. The third-order valence-corrected chi connectivity index (χ3v) is 4.51. The molecule has 148 valence electrons. The molecule has 4 aromatic rings. The standard InChI is InChI=1S/C23H22N2O4/c1-14(2)28-23(26)22-18(13-27-3)21-17-11-16(29-15-7-5-4-6-8-15)9-10-19(17)25-20(21)12-24-22/h4-12,14,25H,13H2,1-3H3. The Labute approximate surface area is 168 Å². The third kappa shape index (κ3) is 3.79. The van der Waals surface area contributed by atoms with Gasteiger partial charge in [0.05, 0.1) is 24.4 Å². The number of nitrogens with zero attached hydrogens (tertiary/aromatic N) is 1. The van der Waals surface area contributed by atoms with Crippen molar-refractivity contribution < 1.29 is 19.0 Å². The van der Waals surface area contributed by atoms with Crippen LogP contribution in [0.5, 0.6) is 11.5 Å². The SMILES string of the molecule is COCc1c(C(=O)OC(C)C)ncc2[nH]c3ccc(Oc4ccccc4)cc3c12. The molecule has 0 amide bonds. The average molecular weight is 390 g/mol. The Morgan fingerprint density at radius 3 is 2.59 bits per heavy atom. The number of rotatable bonds is 6. The topological polar surface area (TPSA) is 73.4 Å². The van der Waals surface area contributed by atoms with E-state index >= 15 is 0 Å². The molecule has 2 aromatic heterocycles. The zero-order valence-electron chi connectivity index (χ0n) is 16.6. The highest BCUT2D eigenvalue weighted by molar-refractivity contribution is 6.11. The molecule has 0 radical (unpaired) electrons. The summed E-state index contributed by atoms with van der Waals surface area (Å²) >= 11 is 0. The number of aromatic nitrogens is 2. The van der Waals surface area contributed by atoms with Gasteiger partial charge in [-0.15, -0.1) is 0 Å². The number of carbonyl (C=O) groups is 1. The first-order chi connectivity index (χ1) is 14.1. The summed E-state index contributed by atoms with van der Waals surface area (Å²) < 4.78 is 16.7. The van der Waals surface area contributed by atoms with E-state index in [4.69, 9.17) is 14.2 Å². The van der Waals surface area contributed by atoms with Gasteiger partial charge in [-0.25, -0.2) is 9.78 Å². The Bertz CT molecular complexity index is 1170. The fourth-order valence-electron chi connectivity index (χ4n) is 3.36. The number of nitrogens with one attached hydrogen (secondary N) is 1. The first-order valence-corrected chi connectivity index (χ1v) is 9.43. The maximum Gasteiger partial charge on any atom is 0.357 e. The summed E-state index contributed by atoms with van der Waals surface area (Å²) in [6.07, 6.45) is 1.42. The number of ether oxygens (including phenoxy) is 3. The van der Waals surface area contributed by atoms with Crippen LogP contribution in [-0.4, -0.2) is 29.2 Å². The summed E-state index contributed by atoms with van der Waals surface area (Å²) in [5.74, 6) is 1.00. The second kappa shape index (κ2) is 7.93. The van der Waals surface area contributed by atoms with Gasteiger partial charge in [-0.1, -0.05) is 18.2 Å². The third-order valence-electron chi connectivity index (χ3n) is 4.51. The minimum Gasteiger partial charge on any atom is -0.458 e. The second-order valence-electron chi connectivity index (χ2n) is 7.01. The van der Waals surface area contributed by atoms with Crippen molar-refractivity contribution in [1.82, 2.24) is 9.97 Å². The molecule has 0 aliphatic heterocycles. The molecule has 0 bridgehead atoms. The summed E-state index contributed by atoms with van der Waals surface area (Å²) in [6, 6.07) is 15.4. The molecular weight excluding hydrogens is 368 g/mol. The number of methoxy groups -OCH3 is 1. The molecule has 2 aromatic carbocycles. The average Bonchev–Trinajstić information content (AvgIpc) is 3.07. The van der Waals surface area contributed by atoms with E-state index in [1.807, 2.05) is 62.4 Å². The van der Waals surface area contributed by atoms with Gasteiger partial charge in [0.2, 0.25) is 0 Å². The number of fused-ring (bicyclic) bond motifs is 3. The lowest BCUT2D eigenvalue weighted by Gasteiger charge is -2.12. The summed E-state index contributed by atoms with van der Waals surface area (Å²) in [5, 5.41) is 1.81. The predicted octanol–water partition coefficient (Wildman–Crippen LogP) is 5.22. The number of aromatic amines is 1. The van der Waals surface area contributed by atoms with Gasteiger partial charge < -0.3 is 19.2 Å². The fourth-order valence-corrected chi connectivity index (χ4v) is 3.36. The van der Waals surface area contributed by atoms with Crippen LogP contribution in [0.2, 0.25) is 0 Å². The van der Waals surface area contributed by atoms with Crippen molar-refractivity contribution in [2.24, 2.45) is 0 Å². The highest BCUT2D eigenvalue weighted by Crippen LogP contribution is 2.34. The Hall–Kier alpha value is -3.38.